The molecule has 1 aliphatic heterocycles. The molecule has 1 N–H and O–H groups in total. The Morgan fingerprint density at radius 2 is 2.20 bits per heavy atom. The minimum Gasteiger partial charge on any atom is -0.391 e. The molecule has 1 aromatic carbocycles. The topological polar surface area (TPSA) is 43.8 Å². The number of β-amino-alcohol motifs (C(OH)–C–C–N with tert-alkyl or cyclic N) is 1. The van der Waals surface area contributed by atoms with Gasteiger partial charge in [-0.3, -0.25) is 4.79 Å². The average molecular weight is 297 g/mol. The van der Waals surface area contributed by atoms with Crippen LogP contribution in [0.1, 0.15) is 22.3 Å². The standard InChI is InChI=1S/C15H21ClN2O2/c1-10-13(5-4-6-14(10)16)15(20)18-9-12(19)7-11(18)8-17(2)3/h4-6,11-12,19H,7-9H2,1-3H3. The number of aliphatic hydroxyl groups is 1. The zero-order valence-electron chi connectivity index (χ0n) is 12.1. The molecule has 1 amide bonds. The zero-order valence-corrected chi connectivity index (χ0v) is 12.9. The Morgan fingerprint density at radius 1 is 1.50 bits per heavy atom. The van der Waals surface area contributed by atoms with Crippen LogP contribution in [0, 0.1) is 6.92 Å². The predicted octanol–water partition coefficient (Wildman–Crippen LogP) is 1.79. The zero-order chi connectivity index (χ0) is 14.9. The van der Waals surface area contributed by atoms with Crippen molar-refractivity contribution in [2.24, 2.45) is 0 Å². The number of aliphatic hydroxyl groups excluding tert-OH is 1. The van der Waals surface area contributed by atoms with Crippen LogP contribution in [0.25, 0.3) is 0 Å². The molecular formula is C15H21ClN2O2. The molecular weight excluding hydrogens is 276 g/mol. The Kier molecular flexibility index (Phi) is 4.68. The van der Waals surface area contributed by atoms with Crippen LogP contribution in [0.15, 0.2) is 18.2 Å². The second-order valence-electron chi connectivity index (χ2n) is 5.68. The first-order chi connectivity index (χ1) is 9.40. The summed E-state index contributed by atoms with van der Waals surface area (Å²) in [5, 5.41) is 10.5. The van der Waals surface area contributed by atoms with Gasteiger partial charge in [0.1, 0.15) is 0 Å². The lowest BCUT2D eigenvalue weighted by atomic mass is 10.1. The van der Waals surface area contributed by atoms with E-state index in [9.17, 15) is 9.90 Å². The highest BCUT2D eigenvalue weighted by molar-refractivity contribution is 6.31. The molecule has 20 heavy (non-hydrogen) atoms. The molecule has 5 heteroatoms. The maximum Gasteiger partial charge on any atom is 0.254 e. The monoisotopic (exact) mass is 296 g/mol. The van der Waals surface area contributed by atoms with Gasteiger partial charge in [-0.15, -0.1) is 0 Å². The summed E-state index contributed by atoms with van der Waals surface area (Å²) in [6.07, 6.45) is 0.187. The number of carbonyl (C=O) groups excluding carboxylic acids is 1. The molecule has 4 nitrogen and oxygen atoms in total. The lowest BCUT2D eigenvalue weighted by molar-refractivity contribution is 0.0698. The molecule has 1 heterocycles. The Bertz CT molecular complexity index is 505. The lowest BCUT2D eigenvalue weighted by Crippen LogP contribution is -2.41. The van der Waals surface area contributed by atoms with Crippen molar-refractivity contribution in [1.29, 1.82) is 0 Å². The number of hydrogen-bond donors (Lipinski definition) is 1. The van der Waals surface area contributed by atoms with Gasteiger partial charge in [-0.05, 0) is 45.1 Å². The molecule has 1 fully saturated rings. The first-order valence-corrected chi connectivity index (χ1v) is 7.16. The molecule has 0 aliphatic carbocycles. The number of halogens is 1. The van der Waals surface area contributed by atoms with Crippen molar-refractivity contribution < 1.29 is 9.90 Å². The third kappa shape index (κ3) is 3.14. The molecule has 0 aromatic heterocycles. The van der Waals surface area contributed by atoms with Crippen molar-refractivity contribution in [3.63, 3.8) is 0 Å². The first kappa shape index (κ1) is 15.3. The molecule has 1 aromatic rings. The van der Waals surface area contributed by atoms with E-state index in [1.807, 2.05) is 25.9 Å². The molecule has 1 saturated heterocycles. The number of rotatable bonds is 3. The second-order valence-corrected chi connectivity index (χ2v) is 6.08. The third-order valence-electron chi connectivity index (χ3n) is 3.73. The van der Waals surface area contributed by atoms with E-state index in [4.69, 9.17) is 11.6 Å². The summed E-state index contributed by atoms with van der Waals surface area (Å²) in [5.74, 6) is -0.0478. The summed E-state index contributed by atoms with van der Waals surface area (Å²) in [6.45, 7) is 2.99. The van der Waals surface area contributed by atoms with E-state index < -0.39 is 6.10 Å². The SMILES string of the molecule is Cc1c(Cl)cccc1C(=O)N1CC(O)CC1CN(C)C. The average Bonchev–Trinajstić information content (AvgIpc) is 2.72. The van der Waals surface area contributed by atoms with Crippen LogP contribution < -0.4 is 0 Å². The molecule has 2 unspecified atom stereocenters. The van der Waals surface area contributed by atoms with Crippen molar-refractivity contribution in [2.75, 3.05) is 27.2 Å². The molecule has 0 radical (unpaired) electrons. The van der Waals surface area contributed by atoms with Gasteiger partial charge < -0.3 is 14.9 Å². The largest absolute Gasteiger partial charge is 0.391 e. The minimum absolute atomic E-state index is 0.0471. The van der Waals surface area contributed by atoms with Gasteiger partial charge in [0.15, 0.2) is 0 Å². The van der Waals surface area contributed by atoms with Gasteiger partial charge in [-0.2, -0.15) is 0 Å². The van der Waals surface area contributed by atoms with Crippen molar-refractivity contribution in [3.8, 4) is 0 Å². The van der Waals surface area contributed by atoms with Crippen LogP contribution in [0.5, 0.6) is 0 Å². The van der Waals surface area contributed by atoms with Crippen LogP contribution in [0.4, 0.5) is 0 Å². The van der Waals surface area contributed by atoms with Crippen LogP contribution in [-0.2, 0) is 0 Å². The highest BCUT2D eigenvalue weighted by Gasteiger charge is 2.35. The minimum atomic E-state index is -0.441. The molecule has 2 atom stereocenters. The van der Waals surface area contributed by atoms with Gasteiger partial charge >= 0.3 is 0 Å². The van der Waals surface area contributed by atoms with E-state index in [2.05, 4.69) is 0 Å². The highest BCUT2D eigenvalue weighted by atomic mass is 35.5. The normalized spacial score (nSPS) is 22.6. The van der Waals surface area contributed by atoms with E-state index in [1.54, 1.807) is 23.1 Å². The first-order valence-electron chi connectivity index (χ1n) is 6.79. The Hall–Kier alpha value is -1.10. The summed E-state index contributed by atoms with van der Waals surface area (Å²) >= 11 is 6.09. The third-order valence-corrected chi connectivity index (χ3v) is 4.14. The predicted molar refractivity (Wildman–Crippen MR) is 80.2 cm³/mol. The molecule has 0 bridgehead atoms. The van der Waals surface area contributed by atoms with Crippen LogP contribution in [0.2, 0.25) is 5.02 Å². The maximum absolute atomic E-state index is 12.7. The van der Waals surface area contributed by atoms with E-state index in [0.717, 1.165) is 12.1 Å². The van der Waals surface area contributed by atoms with Crippen molar-refractivity contribution in [3.05, 3.63) is 34.3 Å². The van der Waals surface area contributed by atoms with E-state index in [1.165, 1.54) is 0 Å². The van der Waals surface area contributed by atoms with Crippen LogP contribution in [-0.4, -0.2) is 60.1 Å². The summed E-state index contributed by atoms with van der Waals surface area (Å²) in [6, 6.07) is 5.41. The number of nitrogens with zero attached hydrogens (tertiary/aromatic N) is 2. The number of likely N-dealkylation sites (tertiary alicyclic amines) is 1. The van der Waals surface area contributed by atoms with Gasteiger partial charge in [0.25, 0.3) is 5.91 Å². The number of benzene rings is 1. The lowest BCUT2D eigenvalue weighted by Gasteiger charge is -2.27. The summed E-state index contributed by atoms with van der Waals surface area (Å²) in [5.41, 5.74) is 1.42. The fourth-order valence-corrected chi connectivity index (χ4v) is 2.90. The van der Waals surface area contributed by atoms with Gasteiger partial charge in [0.2, 0.25) is 0 Å². The van der Waals surface area contributed by atoms with E-state index in [0.29, 0.717) is 23.6 Å². The summed E-state index contributed by atoms with van der Waals surface area (Å²) in [7, 11) is 3.94. The highest BCUT2D eigenvalue weighted by Crippen LogP contribution is 2.25. The Balaban J connectivity index is 2.24. The number of likely N-dealkylation sites (N-methyl/N-ethyl adjacent to an activating group) is 1. The Labute approximate surface area is 124 Å². The maximum atomic E-state index is 12.7. The number of hydrogen-bond acceptors (Lipinski definition) is 3. The number of amides is 1. The van der Waals surface area contributed by atoms with Crippen LogP contribution >= 0.6 is 11.6 Å². The van der Waals surface area contributed by atoms with Gasteiger partial charge in [-0.1, -0.05) is 17.7 Å². The molecule has 1 aliphatic rings. The van der Waals surface area contributed by atoms with Gasteiger partial charge in [0, 0.05) is 29.7 Å². The van der Waals surface area contributed by atoms with Gasteiger partial charge in [0.05, 0.1) is 6.10 Å². The molecule has 110 valence electrons. The fraction of sp³-hybridized carbons (Fsp3) is 0.533. The van der Waals surface area contributed by atoms with E-state index in [-0.39, 0.29) is 11.9 Å². The summed E-state index contributed by atoms with van der Waals surface area (Å²) in [4.78, 5) is 16.5. The second kappa shape index (κ2) is 6.12. The molecule has 2 rings (SSSR count). The molecule has 0 saturated carbocycles. The Morgan fingerprint density at radius 3 is 2.85 bits per heavy atom. The van der Waals surface area contributed by atoms with Crippen molar-refractivity contribution in [2.45, 2.75) is 25.5 Å². The van der Waals surface area contributed by atoms with Crippen LogP contribution in [0.3, 0.4) is 0 Å². The summed E-state index contributed by atoms with van der Waals surface area (Å²) < 4.78 is 0. The molecule has 0 spiro atoms. The quantitative estimate of drug-likeness (QED) is 0.925. The fourth-order valence-electron chi connectivity index (χ4n) is 2.73. The smallest absolute Gasteiger partial charge is 0.254 e. The number of carbonyl (C=O) groups is 1. The van der Waals surface area contributed by atoms with Crippen molar-refractivity contribution in [1.82, 2.24) is 9.80 Å². The van der Waals surface area contributed by atoms with E-state index >= 15 is 0 Å². The van der Waals surface area contributed by atoms with Crippen molar-refractivity contribution >= 4 is 17.5 Å². The van der Waals surface area contributed by atoms with Gasteiger partial charge in [-0.25, -0.2) is 0 Å².